The van der Waals surface area contributed by atoms with Crippen LogP contribution in [0.5, 0.6) is 5.75 Å². The monoisotopic (exact) mass is 226 g/mol. The first kappa shape index (κ1) is 11.7. The van der Waals surface area contributed by atoms with Gasteiger partial charge in [0.2, 0.25) is 0 Å². The third-order valence-corrected chi connectivity index (χ3v) is 3.11. The number of aryl methyl sites for hydroxylation is 4. The molecule has 1 nitrogen and oxygen atoms in total. The van der Waals surface area contributed by atoms with E-state index in [4.69, 9.17) is 0 Å². The van der Waals surface area contributed by atoms with Crippen molar-refractivity contribution < 1.29 is 5.11 Å². The van der Waals surface area contributed by atoms with Crippen LogP contribution in [-0.4, -0.2) is 5.11 Å². The molecule has 0 saturated carbocycles. The average molecular weight is 226 g/mol. The quantitative estimate of drug-likeness (QED) is 0.769. The average Bonchev–Trinajstić information content (AvgIpc) is 2.19. The summed E-state index contributed by atoms with van der Waals surface area (Å²) in [6.07, 6.45) is 0. The molecule has 0 heterocycles. The molecule has 1 heteroatoms. The van der Waals surface area contributed by atoms with Crippen LogP contribution in [0.2, 0.25) is 0 Å². The summed E-state index contributed by atoms with van der Waals surface area (Å²) in [5.74, 6) is 0.370. The number of phenols is 1. The van der Waals surface area contributed by atoms with Crippen molar-refractivity contribution >= 4 is 0 Å². The molecule has 0 bridgehead atoms. The maximum atomic E-state index is 10.1. The Morgan fingerprint density at radius 3 is 2.00 bits per heavy atom. The number of aromatic hydroxyl groups is 1. The highest BCUT2D eigenvalue weighted by Gasteiger charge is 2.10. The Hall–Kier alpha value is -1.76. The van der Waals surface area contributed by atoms with Crippen LogP contribution < -0.4 is 0 Å². The van der Waals surface area contributed by atoms with E-state index in [1.165, 1.54) is 11.1 Å². The molecule has 0 fully saturated rings. The van der Waals surface area contributed by atoms with Crippen molar-refractivity contribution in [3.8, 4) is 16.9 Å². The molecular formula is C16H18O. The fraction of sp³-hybridized carbons (Fsp3) is 0.250. The van der Waals surface area contributed by atoms with Gasteiger partial charge >= 0.3 is 0 Å². The molecule has 0 atom stereocenters. The van der Waals surface area contributed by atoms with Gasteiger partial charge in [0.25, 0.3) is 0 Å². The minimum absolute atomic E-state index is 0.370. The van der Waals surface area contributed by atoms with Gasteiger partial charge in [-0.25, -0.2) is 0 Å². The standard InChI is InChI=1S/C16H18O/c1-10-5-6-14(12(3)7-10)16-13(4)8-11(2)9-15(16)17/h5-9,17H,1-4H3. The molecule has 0 spiro atoms. The van der Waals surface area contributed by atoms with E-state index in [1.807, 2.05) is 19.9 Å². The highest BCUT2D eigenvalue weighted by Crippen LogP contribution is 2.35. The van der Waals surface area contributed by atoms with Gasteiger partial charge in [0.1, 0.15) is 5.75 Å². The van der Waals surface area contributed by atoms with Crippen molar-refractivity contribution in [3.63, 3.8) is 0 Å². The van der Waals surface area contributed by atoms with Crippen LogP contribution in [0.15, 0.2) is 30.3 Å². The van der Waals surface area contributed by atoms with Crippen LogP contribution >= 0.6 is 0 Å². The first-order chi connectivity index (χ1) is 7.99. The minimum Gasteiger partial charge on any atom is -0.507 e. The molecule has 1 N–H and O–H groups in total. The van der Waals surface area contributed by atoms with Crippen molar-refractivity contribution in [3.05, 3.63) is 52.6 Å². The summed E-state index contributed by atoms with van der Waals surface area (Å²) in [5, 5.41) is 10.1. The lowest BCUT2D eigenvalue weighted by molar-refractivity contribution is 0.476. The molecule has 0 aliphatic rings. The Morgan fingerprint density at radius 2 is 1.41 bits per heavy atom. The fourth-order valence-electron chi connectivity index (χ4n) is 2.39. The first-order valence-electron chi connectivity index (χ1n) is 5.87. The van der Waals surface area contributed by atoms with Gasteiger partial charge in [-0.2, -0.15) is 0 Å². The smallest absolute Gasteiger partial charge is 0.123 e. The molecular weight excluding hydrogens is 208 g/mol. The van der Waals surface area contributed by atoms with Crippen molar-refractivity contribution in [2.75, 3.05) is 0 Å². The van der Waals surface area contributed by atoms with E-state index >= 15 is 0 Å². The van der Waals surface area contributed by atoms with Gasteiger partial charge in [0.15, 0.2) is 0 Å². The molecule has 88 valence electrons. The van der Waals surface area contributed by atoms with E-state index in [0.717, 1.165) is 22.3 Å². The predicted molar refractivity (Wildman–Crippen MR) is 72.5 cm³/mol. The van der Waals surface area contributed by atoms with Gasteiger partial charge in [0.05, 0.1) is 0 Å². The normalized spacial score (nSPS) is 10.6. The van der Waals surface area contributed by atoms with Crippen molar-refractivity contribution in [2.24, 2.45) is 0 Å². The zero-order chi connectivity index (χ0) is 12.6. The molecule has 17 heavy (non-hydrogen) atoms. The van der Waals surface area contributed by atoms with Crippen LogP contribution in [0, 0.1) is 27.7 Å². The van der Waals surface area contributed by atoms with Crippen molar-refractivity contribution in [1.29, 1.82) is 0 Å². The maximum Gasteiger partial charge on any atom is 0.123 e. The van der Waals surface area contributed by atoms with Gasteiger partial charge in [-0.15, -0.1) is 0 Å². The lowest BCUT2D eigenvalue weighted by atomic mass is 9.93. The van der Waals surface area contributed by atoms with Crippen LogP contribution in [0.1, 0.15) is 22.3 Å². The topological polar surface area (TPSA) is 20.2 Å². The number of hydrogen-bond acceptors (Lipinski definition) is 1. The number of hydrogen-bond donors (Lipinski definition) is 1. The van der Waals surface area contributed by atoms with E-state index < -0.39 is 0 Å². The van der Waals surface area contributed by atoms with Crippen molar-refractivity contribution in [1.82, 2.24) is 0 Å². The lowest BCUT2D eigenvalue weighted by Gasteiger charge is -2.13. The minimum atomic E-state index is 0.370. The Morgan fingerprint density at radius 1 is 0.765 bits per heavy atom. The summed E-state index contributed by atoms with van der Waals surface area (Å²) >= 11 is 0. The zero-order valence-electron chi connectivity index (χ0n) is 10.8. The first-order valence-corrected chi connectivity index (χ1v) is 5.87. The van der Waals surface area contributed by atoms with Crippen LogP contribution in [0.4, 0.5) is 0 Å². The summed E-state index contributed by atoms with van der Waals surface area (Å²) < 4.78 is 0. The van der Waals surface area contributed by atoms with Crippen LogP contribution in [-0.2, 0) is 0 Å². The molecule has 0 amide bonds. The highest BCUT2D eigenvalue weighted by atomic mass is 16.3. The largest absolute Gasteiger partial charge is 0.507 e. The molecule has 2 rings (SSSR count). The lowest BCUT2D eigenvalue weighted by Crippen LogP contribution is -1.90. The molecule has 0 aliphatic heterocycles. The van der Waals surface area contributed by atoms with E-state index in [2.05, 4.69) is 38.1 Å². The summed E-state index contributed by atoms with van der Waals surface area (Å²) in [5.41, 5.74) is 6.73. The summed E-state index contributed by atoms with van der Waals surface area (Å²) in [6, 6.07) is 10.2. The molecule has 0 unspecified atom stereocenters. The van der Waals surface area contributed by atoms with Crippen LogP contribution in [0.3, 0.4) is 0 Å². The summed E-state index contributed by atoms with van der Waals surface area (Å²) in [4.78, 5) is 0. The van der Waals surface area contributed by atoms with E-state index in [9.17, 15) is 5.11 Å². The second kappa shape index (κ2) is 4.25. The number of rotatable bonds is 1. The Kier molecular flexibility index (Phi) is 2.93. The van der Waals surface area contributed by atoms with E-state index in [1.54, 1.807) is 0 Å². The third kappa shape index (κ3) is 2.19. The Labute approximate surface area is 103 Å². The van der Waals surface area contributed by atoms with Gasteiger partial charge in [-0.05, 0) is 56.0 Å². The van der Waals surface area contributed by atoms with E-state index in [-0.39, 0.29) is 0 Å². The third-order valence-electron chi connectivity index (χ3n) is 3.11. The SMILES string of the molecule is Cc1ccc(-c2c(C)cc(C)cc2O)c(C)c1. The molecule has 2 aromatic carbocycles. The molecule has 0 aromatic heterocycles. The summed E-state index contributed by atoms with van der Waals surface area (Å²) in [7, 11) is 0. The molecule has 0 aliphatic carbocycles. The van der Waals surface area contributed by atoms with Gasteiger partial charge in [0, 0.05) is 5.56 Å². The molecule has 0 radical (unpaired) electrons. The Balaban J connectivity index is 2.68. The van der Waals surface area contributed by atoms with Crippen molar-refractivity contribution in [2.45, 2.75) is 27.7 Å². The Bertz CT molecular complexity index is 545. The summed E-state index contributed by atoms with van der Waals surface area (Å²) in [6.45, 7) is 8.21. The van der Waals surface area contributed by atoms with Gasteiger partial charge in [-0.1, -0.05) is 29.8 Å². The second-order valence-corrected chi connectivity index (χ2v) is 4.79. The maximum absolute atomic E-state index is 10.1. The predicted octanol–water partition coefficient (Wildman–Crippen LogP) is 4.29. The molecule has 2 aromatic rings. The number of phenolic OH excluding ortho intramolecular Hbond substituents is 1. The van der Waals surface area contributed by atoms with E-state index in [0.29, 0.717) is 5.75 Å². The van der Waals surface area contributed by atoms with Gasteiger partial charge in [-0.3, -0.25) is 0 Å². The zero-order valence-corrected chi connectivity index (χ0v) is 10.8. The highest BCUT2D eigenvalue weighted by molar-refractivity contribution is 5.76. The fourth-order valence-corrected chi connectivity index (χ4v) is 2.39. The second-order valence-electron chi connectivity index (χ2n) is 4.79. The molecule has 0 saturated heterocycles. The van der Waals surface area contributed by atoms with Crippen LogP contribution in [0.25, 0.3) is 11.1 Å². The van der Waals surface area contributed by atoms with Gasteiger partial charge < -0.3 is 5.11 Å². The number of benzene rings is 2.